The first kappa shape index (κ1) is 15.9. The standard InChI is InChI=1S/C16H13N3O4S/c1-18-14(21)11(15(22)19(2)16(18)24)8-17-10-4-5-12-9(7-10)3-6-13(20)23-12/h3-8,21H,1-2H3. The molecule has 0 fully saturated rings. The van der Waals surface area contributed by atoms with E-state index >= 15 is 0 Å². The van der Waals surface area contributed by atoms with Gasteiger partial charge >= 0.3 is 5.63 Å². The number of hydrogen-bond acceptors (Lipinski definition) is 6. The molecule has 1 N–H and O–H groups in total. The minimum atomic E-state index is -0.439. The zero-order chi connectivity index (χ0) is 17.4. The van der Waals surface area contributed by atoms with Crippen molar-refractivity contribution in [3.05, 3.63) is 61.4 Å². The molecule has 1 aromatic carbocycles. The first-order valence-electron chi connectivity index (χ1n) is 6.95. The summed E-state index contributed by atoms with van der Waals surface area (Å²) in [5.41, 5.74) is 0.160. The molecule has 0 aliphatic heterocycles. The average molecular weight is 343 g/mol. The van der Waals surface area contributed by atoms with Crippen LogP contribution < -0.4 is 11.2 Å². The minimum Gasteiger partial charge on any atom is -0.494 e. The molecule has 0 atom stereocenters. The number of aromatic nitrogens is 2. The van der Waals surface area contributed by atoms with E-state index in [0.717, 1.165) is 0 Å². The molecule has 0 amide bonds. The predicted molar refractivity (Wildman–Crippen MR) is 92.9 cm³/mol. The SMILES string of the molecule is Cn1c(O)c(C=Nc2ccc3oc(=O)ccc3c2)c(=O)n(C)c1=S. The van der Waals surface area contributed by atoms with Crippen molar-refractivity contribution in [3.8, 4) is 5.88 Å². The summed E-state index contributed by atoms with van der Waals surface area (Å²) in [6.45, 7) is 0. The number of aliphatic imine (C=N–C) groups is 1. The van der Waals surface area contributed by atoms with Crippen LogP contribution in [0.1, 0.15) is 5.56 Å². The molecule has 3 aromatic rings. The molecule has 0 spiro atoms. The monoisotopic (exact) mass is 343 g/mol. The third-order valence-corrected chi connectivity index (χ3v) is 4.16. The van der Waals surface area contributed by atoms with Crippen molar-refractivity contribution in [2.45, 2.75) is 0 Å². The maximum absolute atomic E-state index is 12.2. The van der Waals surface area contributed by atoms with E-state index in [1.807, 2.05) is 0 Å². The quantitative estimate of drug-likeness (QED) is 0.437. The highest BCUT2D eigenvalue weighted by Gasteiger charge is 2.11. The summed E-state index contributed by atoms with van der Waals surface area (Å²) in [5.74, 6) is -0.251. The van der Waals surface area contributed by atoms with E-state index in [9.17, 15) is 14.7 Å². The predicted octanol–water partition coefficient (Wildman–Crippen LogP) is 2.02. The lowest BCUT2D eigenvalue weighted by atomic mass is 10.2. The van der Waals surface area contributed by atoms with E-state index < -0.39 is 11.2 Å². The molecule has 122 valence electrons. The Morgan fingerprint density at radius 3 is 2.67 bits per heavy atom. The van der Waals surface area contributed by atoms with Gasteiger partial charge in [-0.05, 0) is 36.5 Å². The second kappa shape index (κ2) is 5.89. The fourth-order valence-corrected chi connectivity index (χ4v) is 2.42. The molecule has 0 unspecified atom stereocenters. The van der Waals surface area contributed by atoms with Gasteiger partial charge in [-0.2, -0.15) is 0 Å². The Labute approximate surface area is 140 Å². The van der Waals surface area contributed by atoms with Gasteiger partial charge in [0, 0.05) is 31.8 Å². The van der Waals surface area contributed by atoms with Crippen LogP contribution in [0.15, 0.2) is 49.3 Å². The fraction of sp³-hybridized carbons (Fsp3) is 0.125. The number of nitrogens with zero attached hydrogens (tertiary/aromatic N) is 3. The van der Waals surface area contributed by atoms with Gasteiger partial charge in [0.2, 0.25) is 5.88 Å². The van der Waals surface area contributed by atoms with Crippen molar-refractivity contribution in [1.82, 2.24) is 9.13 Å². The molecule has 8 heteroatoms. The molecular weight excluding hydrogens is 330 g/mol. The Bertz CT molecular complexity index is 1150. The van der Waals surface area contributed by atoms with Gasteiger partial charge in [-0.1, -0.05) is 0 Å². The molecule has 24 heavy (non-hydrogen) atoms. The van der Waals surface area contributed by atoms with E-state index in [0.29, 0.717) is 16.7 Å². The van der Waals surface area contributed by atoms with Crippen molar-refractivity contribution in [1.29, 1.82) is 0 Å². The van der Waals surface area contributed by atoms with Crippen molar-refractivity contribution in [2.75, 3.05) is 0 Å². The Balaban J connectivity index is 2.09. The lowest BCUT2D eigenvalue weighted by molar-refractivity contribution is 0.415. The summed E-state index contributed by atoms with van der Waals surface area (Å²) >= 11 is 5.06. The van der Waals surface area contributed by atoms with Gasteiger partial charge in [0.1, 0.15) is 11.1 Å². The zero-order valence-electron chi connectivity index (χ0n) is 12.9. The topological polar surface area (TPSA) is 89.7 Å². The number of rotatable bonds is 2. The highest BCUT2D eigenvalue weighted by Crippen LogP contribution is 2.20. The number of hydrogen-bond donors (Lipinski definition) is 1. The van der Waals surface area contributed by atoms with Crippen LogP contribution in [0.2, 0.25) is 0 Å². The van der Waals surface area contributed by atoms with Gasteiger partial charge in [0.25, 0.3) is 5.56 Å². The second-order valence-electron chi connectivity index (χ2n) is 5.18. The summed E-state index contributed by atoms with van der Waals surface area (Å²) in [5, 5.41) is 10.8. The molecule has 0 radical (unpaired) electrons. The maximum Gasteiger partial charge on any atom is 0.336 e. The van der Waals surface area contributed by atoms with E-state index in [4.69, 9.17) is 16.6 Å². The summed E-state index contributed by atoms with van der Waals surface area (Å²) in [7, 11) is 3.09. The van der Waals surface area contributed by atoms with Crippen LogP contribution in [0.5, 0.6) is 5.88 Å². The summed E-state index contributed by atoms with van der Waals surface area (Å²) in [4.78, 5) is 27.6. The lowest BCUT2D eigenvalue weighted by Gasteiger charge is -2.09. The fourth-order valence-electron chi connectivity index (χ4n) is 2.25. The van der Waals surface area contributed by atoms with E-state index in [2.05, 4.69) is 4.99 Å². The van der Waals surface area contributed by atoms with Crippen LogP contribution in [0.25, 0.3) is 11.0 Å². The number of aromatic hydroxyl groups is 1. The average Bonchev–Trinajstić information content (AvgIpc) is 2.58. The number of fused-ring (bicyclic) bond motifs is 1. The highest BCUT2D eigenvalue weighted by molar-refractivity contribution is 7.71. The van der Waals surface area contributed by atoms with Gasteiger partial charge in [-0.15, -0.1) is 0 Å². The Morgan fingerprint density at radius 2 is 1.92 bits per heavy atom. The molecule has 3 rings (SSSR count). The van der Waals surface area contributed by atoms with E-state index in [-0.39, 0.29) is 16.2 Å². The summed E-state index contributed by atoms with van der Waals surface area (Å²) < 4.78 is 7.83. The first-order valence-corrected chi connectivity index (χ1v) is 7.36. The number of benzene rings is 1. The van der Waals surface area contributed by atoms with Gasteiger partial charge in [0.15, 0.2) is 4.77 Å². The minimum absolute atomic E-state index is 0.0355. The molecule has 0 saturated heterocycles. The van der Waals surface area contributed by atoms with Gasteiger partial charge < -0.3 is 9.52 Å². The molecule has 0 saturated carbocycles. The molecule has 2 heterocycles. The molecule has 0 aliphatic rings. The maximum atomic E-state index is 12.2. The molecule has 0 bridgehead atoms. The molecule has 7 nitrogen and oxygen atoms in total. The molecular formula is C16H13N3O4S. The van der Waals surface area contributed by atoms with Crippen molar-refractivity contribution < 1.29 is 9.52 Å². The van der Waals surface area contributed by atoms with Crippen molar-refractivity contribution >= 4 is 35.1 Å². The largest absolute Gasteiger partial charge is 0.494 e. The third-order valence-electron chi connectivity index (χ3n) is 3.61. The van der Waals surface area contributed by atoms with Crippen LogP contribution in [-0.4, -0.2) is 20.5 Å². The summed E-state index contributed by atoms with van der Waals surface area (Å²) in [6.07, 6.45) is 1.28. The smallest absolute Gasteiger partial charge is 0.336 e. The molecule has 2 aromatic heterocycles. The van der Waals surface area contributed by atoms with Crippen molar-refractivity contribution in [2.24, 2.45) is 19.1 Å². The van der Waals surface area contributed by atoms with Gasteiger partial charge in [-0.25, -0.2) is 4.79 Å². The van der Waals surface area contributed by atoms with E-state index in [1.54, 1.807) is 31.3 Å². The van der Waals surface area contributed by atoms with Crippen LogP contribution in [0.3, 0.4) is 0 Å². The van der Waals surface area contributed by atoms with Crippen LogP contribution in [-0.2, 0) is 14.1 Å². The van der Waals surface area contributed by atoms with Crippen LogP contribution in [0, 0.1) is 4.77 Å². The molecule has 0 aliphatic carbocycles. The first-order chi connectivity index (χ1) is 11.4. The van der Waals surface area contributed by atoms with Crippen LogP contribution in [0.4, 0.5) is 5.69 Å². The Kier molecular flexibility index (Phi) is 3.90. The lowest BCUT2D eigenvalue weighted by Crippen LogP contribution is -2.25. The Morgan fingerprint density at radius 1 is 1.17 bits per heavy atom. The summed E-state index contributed by atoms with van der Waals surface area (Å²) in [6, 6.07) is 7.92. The Hall–Kier alpha value is -3.00. The normalized spacial score (nSPS) is 11.4. The van der Waals surface area contributed by atoms with Crippen molar-refractivity contribution in [3.63, 3.8) is 0 Å². The highest BCUT2D eigenvalue weighted by atomic mass is 32.1. The van der Waals surface area contributed by atoms with Gasteiger partial charge in [-0.3, -0.25) is 18.9 Å². The second-order valence-corrected chi connectivity index (χ2v) is 5.54. The third kappa shape index (κ3) is 2.67. The zero-order valence-corrected chi connectivity index (χ0v) is 13.7. The van der Waals surface area contributed by atoms with Crippen LogP contribution >= 0.6 is 12.2 Å². The van der Waals surface area contributed by atoms with E-state index in [1.165, 1.54) is 28.5 Å². The van der Waals surface area contributed by atoms with Gasteiger partial charge in [0.05, 0.1) is 5.69 Å².